The van der Waals surface area contributed by atoms with Crippen molar-refractivity contribution in [1.29, 1.82) is 0 Å². The van der Waals surface area contributed by atoms with E-state index in [0.29, 0.717) is 19.4 Å². The first-order chi connectivity index (χ1) is 8.84. The normalized spacial score (nSPS) is 11.6. The highest BCUT2D eigenvalue weighted by Gasteiger charge is 2.26. The molecule has 0 aliphatic rings. The molecule has 1 N–H and O–H groups in total. The van der Waals surface area contributed by atoms with E-state index in [-0.39, 0.29) is 18.4 Å². The molecule has 0 fully saturated rings. The number of carbonyl (C=O) groups excluding carboxylic acids is 2. The van der Waals surface area contributed by atoms with E-state index < -0.39 is 12.0 Å². The fourth-order valence-electron chi connectivity index (χ4n) is 1.67. The van der Waals surface area contributed by atoms with Crippen molar-refractivity contribution in [3.8, 4) is 0 Å². The van der Waals surface area contributed by atoms with Crippen molar-refractivity contribution >= 4 is 18.0 Å². The zero-order valence-electron chi connectivity index (χ0n) is 11.9. The third kappa shape index (κ3) is 5.58. The van der Waals surface area contributed by atoms with Crippen LogP contribution in [0.25, 0.3) is 0 Å². The molecule has 0 aliphatic heterocycles. The van der Waals surface area contributed by atoms with Gasteiger partial charge in [0.05, 0.1) is 7.11 Å². The van der Waals surface area contributed by atoms with Crippen molar-refractivity contribution in [2.75, 3.05) is 27.7 Å². The van der Waals surface area contributed by atoms with E-state index in [0.717, 1.165) is 0 Å². The minimum atomic E-state index is -1.03. The Kier molecular flexibility index (Phi) is 7.55. The van der Waals surface area contributed by atoms with Crippen LogP contribution in [0.4, 0.5) is 4.79 Å². The highest BCUT2D eigenvalue weighted by atomic mass is 16.5. The number of amides is 2. The molecule has 7 heteroatoms. The summed E-state index contributed by atoms with van der Waals surface area (Å²) in [5, 5.41) is 8.98. The summed E-state index contributed by atoms with van der Waals surface area (Å²) in [4.78, 5) is 36.5. The van der Waals surface area contributed by atoms with Crippen molar-refractivity contribution in [3.05, 3.63) is 0 Å². The molecule has 1 unspecified atom stereocenters. The topological polar surface area (TPSA) is 87.2 Å². The lowest BCUT2D eigenvalue weighted by atomic mass is 10.2. The van der Waals surface area contributed by atoms with E-state index >= 15 is 0 Å². The third-order valence-corrected chi connectivity index (χ3v) is 2.87. The number of carboxylic acids is 1. The van der Waals surface area contributed by atoms with Crippen molar-refractivity contribution in [2.24, 2.45) is 0 Å². The molecule has 0 rings (SSSR count). The smallest absolute Gasteiger partial charge is 0.326 e. The third-order valence-electron chi connectivity index (χ3n) is 2.87. The number of ether oxygens (including phenoxy) is 1. The minimum absolute atomic E-state index is 0.230. The van der Waals surface area contributed by atoms with Crippen LogP contribution in [-0.4, -0.2) is 66.7 Å². The van der Waals surface area contributed by atoms with Gasteiger partial charge in [-0.1, -0.05) is 6.92 Å². The van der Waals surface area contributed by atoms with Gasteiger partial charge in [0.15, 0.2) is 0 Å². The Balaban J connectivity index is 4.31. The standard InChI is InChI=1S/C12H22N2O5/c1-5-9(11(16)17)14(3)12(18)13(2)8-6-7-10(15)19-4/h9H,5-8H2,1-4H3,(H,16,17). The fraction of sp³-hybridized carbons (Fsp3) is 0.750. The van der Waals surface area contributed by atoms with Gasteiger partial charge < -0.3 is 19.6 Å². The first-order valence-corrected chi connectivity index (χ1v) is 6.12. The Morgan fingerprint density at radius 2 is 1.84 bits per heavy atom. The van der Waals surface area contributed by atoms with Crippen molar-refractivity contribution in [2.45, 2.75) is 32.2 Å². The van der Waals surface area contributed by atoms with Gasteiger partial charge in [0, 0.05) is 27.1 Å². The number of likely N-dealkylation sites (N-methyl/N-ethyl adjacent to an activating group) is 1. The van der Waals surface area contributed by atoms with E-state index in [1.807, 2.05) is 0 Å². The highest BCUT2D eigenvalue weighted by Crippen LogP contribution is 2.06. The molecule has 0 bridgehead atoms. The van der Waals surface area contributed by atoms with Crippen LogP contribution in [0.15, 0.2) is 0 Å². The molecule has 2 amide bonds. The summed E-state index contributed by atoms with van der Waals surface area (Å²) in [7, 11) is 4.34. The Hall–Kier alpha value is -1.79. The fourth-order valence-corrected chi connectivity index (χ4v) is 1.67. The first-order valence-electron chi connectivity index (χ1n) is 6.12. The first kappa shape index (κ1) is 17.2. The van der Waals surface area contributed by atoms with Crippen LogP contribution in [0.1, 0.15) is 26.2 Å². The summed E-state index contributed by atoms with van der Waals surface area (Å²) in [6.45, 7) is 2.08. The van der Waals surface area contributed by atoms with Gasteiger partial charge in [-0.2, -0.15) is 0 Å². The lowest BCUT2D eigenvalue weighted by Crippen LogP contribution is -2.47. The summed E-state index contributed by atoms with van der Waals surface area (Å²) in [5.74, 6) is -1.35. The summed E-state index contributed by atoms with van der Waals surface area (Å²) >= 11 is 0. The van der Waals surface area contributed by atoms with Gasteiger partial charge in [-0.05, 0) is 12.8 Å². The number of urea groups is 1. The summed E-state index contributed by atoms with van der Waals surface area (Å²) in [5.41, 5.74) is 0. The van der Waals surface area contributed by atoms with Crippen LogP contribution in [0.3, 0.4) is 0 Å². The molecule has 0 heterocycles. The number of hydrogen-bond donors (Lipinski definition) is 1. The lowest BCUT2D eigenvalue weighted by Gasteiger charge is -2.28. The average Bonchev–Trinajstić information content (AvgIpc) is 2.37. The number of rotatable bonds is 7. The Morgan fingerprint density at radius 1 is 1.26 bits per heavy atom. The molecule has 0 spiro atoms. The zero-order chi connectivity index (χ0) is 15.0. The Bertz CT molecular complexity index is 332. The Labute approximate surface area is 113 Å². The maximum Gasteiger partial charge on any atom is 0.326 e. The zero-order valence-corrected chi connectivity index (χ0v) is 11.9. The number of aliphatic carboxylic acids is 1. The van der Waals surface area contributed by atoms with Crippen LogP contribution < -0.4 is 0 Å². The number of carbonyl (C=O) groups is 3. The monoisotopic (exact) mass is 274 g/mol. The van der Waals surface area contributed by atoms with Gasteiger partial charge >= 0.3 is 18.0 Å². The lowest BCUT2D eigenvalue weighted by molar-refractivity contribution is -0.142. The molecule has 110 valence electrons. The van der Waals surface area contributed by atoms with Crippen molar-refractivity contribution < 1.29 is 24.2 Å². The van der Waals surface area contributed by atoms with Crippen molar-refractivity contribution in [3.63, 3.8) is 0 Å². The molecule has 0 radical (unpaired) electrons. The summed E-state index contributed by atoms with van der Waals surface area (Å²) in [6.07, 6.45) is 1.05. The number of nitrogens with zero attached hydrogens (tertiary/aromatic N) is 2. The average molecular weight is 274 g/mol. The van der Waals surface area contributed by atoms with Crippen LogP contribution in [0, 0.1) is 0 Å². The molecule has 0 saturated carbocycles. The molecular weight excluding hydrogens is 252 g/mol. The Morgan fingerprint density at radius 3 is 2.26 bits per heavy atom. The quantitative estimate of drug-likeness (QED) is 0.693. The van der Waals surface area contributed by atoms with Crippen molar-refractivity contribution in [1.82, 2.24) is 9.80 Å². The molecule has 7 nitrogen and oxygen atoms in total. The summed E-state index contributed by atoms with van der Waals surface area (Å²) in [6, 6.07) is -1.21. The largest absolute Gasteiger partial charge is 0.480 e. The number of methoxy groups -OCH3 is 1. The van der Waals surface area contributed by atoms with Gasteiger partial charge in [0.25, 0.3) is 0 Å². The van der Waals surface area contributed by atoms with Crippen LogP contribution >= 0.6 is 0 Å². The molecule has 0 aromatic rings. The van der Waals surface area contributed by atoms with Gasteiger partial charge in [0.2, 0.25) is 0 Å². The van der Waals surface area contributed by atoms with Crippen LogP contribution in [0.5, 0.6) is 0 Å². The van der Waals surface area contributed by atoms with E-state index in [9.17, 15) is 14.4 Å². The molecule has 0 aromatic carbocycles. The second-order valence-electron chi connectivity index (χ2n) is 4.26. The van der Waals surface area contributed by atoms with E-state index in [4.69, 9.17) is 5.11 Å². The maximum atomic E-state index is 12.0. The van der Waals surface area contributed by atoms with Gasteiger partial charge in [-0.3, -0.25) is 4.79 Å². The van der Waals surface area contributed by atoms with E-state index in [2.05, 4.69) is 4.74 Å². The minimum Gasteiger partial charge on any atom is -0.480 e. The second kappa shape index (κ2) is 8.34. The van der Waals surface area contributed by atoms with Gasteiger partial charge in [-0.25, -0.2) is 9.59 Å². The van der Waals surface area contributed by atoms with Gasteiger partial charge in [-0.15, -0.1) is 0 Å². The molecule has 1 atom stereocenters. The molecule has 0 aliphatic carbocycles. The maximum absolute atomic E-state index is 12.0. The molecule has 0 aromatic heterocycles. The highest BCUT2D eigenvalue weighted by molar-refractivity contribution is 5.82. The van der Waals surface area contributed by atoms with E-state index in [1.165, 1.54) is 24.0 Å². The molecule has 19 heavy (non-hydrogen) atoms. The molecular formula is C12H22N2O5. The SMILES string of the molecule is CCC(C(=O)O)N(C)C(=O)N(C)CCCC(=O)OC. The predicted octanol–water partition coefficient (Wildman–Crippen LogP) is 0.786. The number of esters is 1. The predicted molar refractivity (Wildman–Crippen MR) is 68.8 cm³/mol. The number of hydrogen-bond acceptors (Lipinski definition) is 4. The van der Waals surface area contributed by atoms with Crippen LogP contribution in [0.2, 0.25) is 0 Å². The second-order valence-corrected chi connectivity index (χ2v) is 4.26. The van der Waals surface area contributed by atoms with Gasteiger partial charge in [0.1, 0.15) is 6.04 Å². The van der Waals surface area contributed by atoms with Crippen LogP contribution in [-0.2, 0) is 14.3 Å². The number of carboxylic acid groups (broad SMARTS) is 1. The van der Waals surface area contributed by atoms with E-state index in [1.54, 1.807) is 14.0 Å². The summed E-state index contributed by atoms with van der Waals surface area (Å²) < 4.78 is 4.50. The molecule has 0 saturated heterocycles.